The molecule has 2 aromatic rings. The third-order valence-corrected chi connectivity index (χ3v) is 5.00. The predicted octanol–water partition coefficient (Wildman–Crippen LogP) is 2.18. The topological polar surface area (TPSA) is 40.9 Å². The number of nitrogens with zero attached hydrogens (tertiary/aromatic N) is 2. The summed E-state index contributed by atoms with van der Waals surface area (Å²) in [5, 5.41) is 3.38. The van der Waals surface area contributed by atoms with Gasteiger partial charge < -0.3 is 14.5 Å². The molecule has 0 unspecified atom stereocenters. The predicted molar refractivity (Wildman–Crippen MR) is 98.4 cm³/mol. The molecule has 4 rings (SSSR count). The van der Waals surface area contributed by atoms with E-state index >= 15 is 0 Å². The lowest BCUT2D eigenvalue weighted by Crippen LogP contribution is -2.42. The van der Waals surface area contributed by atoms with Gasteiger partial charge in [0, 0.05) is 51.4 Å². The number of ether oxygens (including phenoxy) is 1. The summed E-state index contributed by atoms with van der Waals surface area (Å²) in [4.78, 5) is 4.88. The van der Waals surface area contributed by atoms with Crippen LogP contribution in [0.1, 0.15) is 11.3 Å². The number of hydrogen-bond donors (Lipinski definition) is 1. The Morgan fingerprint density at radius 2 is 1.52 bits per heavy atom. The number of rotatable bonds is 5. The third-order valence-electron chi connectivity index (χ3n) is 5.00. The van der Waals surface area contributed by atoms with Crippen molar-refractivity contribution in [2.45, 2.75) is 13.1 Å². The van der Waals surface area contributed by atoms with Crippen LogP contribution in [0.15, 0.2) is 40.8 Å². The standard InChI is InChI=1S/C20H27N3O2/c1-3-18(4-2-17(1)15-23-11-13-24-14-12-23)20-6-5-19(25-20)16-22-9-7-21-8-10-22/h1-6,21H,7-16H2. The molecule has 1 aromatic heterocycles. The molecule has 2 aliphatic rings. The van der Waals surface area contributed by atoms with Crippen molar-refractivity contribution in [1.82, 2.24) is 15.1 Å². The molecule has 3 heterocycles. The van der Waals surface area contributed by atoms with Crippen molar-refractivity contribution in [3.05, 3.63) is 47.7 Å². The largest absolute Gasteiger partial charge is 0.460 e. The molecule has 0 radical (unpaired) electrons. The first kappa shape index (κ1) is 16.8. The lowest BCUT2D eigenvalue weighted by Gasteiger charge is -2.26. The van der Waals surface area contributed by atoms with E-state index in [0.717, 1.165) is 82.7 Å². The van der Waals surface area contributed by atoms with E-state index in [1.807, 2.05) is 0 Å². The van der Waals surface area contributed by atoms with E-state index in [1.165, 1.54) is 5.56 Å². The summed E-state index contributed by atoms with van der Waals surface area (Å²) >= 11 is 0. The molecule has 2 saturated heterocycles. The van der Waals surface area contributed by atoms with Gasteiger partial charge >= 0.3 is 0 Å². The Balaban J connectivity index is 1.36. The second-order valence-electron chi connectivity index (χ2n) is 6.88. The molecule has 2 fully saturated rings. The molecule has 134 valence electrons. The molecule has 1 N–H and O–H groups in total. The number of nitrogens with one attached hydrogen (secondary N) is 1. The first-order chi connectivity index (χ1) is 12.4. The van der Waals surface area contributed by atoms with Gasteiger partial charge in [0.1, 0.15) is 11.5 Å². The van der Waals surface area contributed by atoms with E-state index in [1.54, 1.807) is 0 Å². The Labute approximate surface area is 149 Å². The van der Waals surface area contributed by atoms with Crippen LogP contribution in [-0.4, -0.2) is 62.3 Å². The van der Waals surface area contributed by atoms with Crippen LogP contribution in [0.25, 0.3) is 11.3 Å². The highest BCUT2D eigenvalue weighted by Crippen LogP contribution is 2.24. The summed E-state index contributed by atoms with van der Waals surface area (Å²) in [6, 6.07) is 13.0. The summed E-state index contributed by atoms with van der Waals surface area (Å²) in [7, 11) is 0. The fourth-order valence-electron chi connectivity index (χ4n) is 3.50. The lowest BCUT2D eigenvalue weighted by molar-refractivity contribution is 0.0342. The number of benzene rings is 1. The van der Waals surface area contributed by atoms with E-state index in [-0.39, 0.29) is 0 Å². The highest BCUT2D eigenvalue weighted by molar-refractivity contribution is 5.57. The van der Waals surface area contributed by atoms with E-state index in [0.29, 0.717) is 0 Å². The maximum atomic E-state index is 6.07. The number of piperazine rings is 1. The normalized spacial score (nSPS) is 20.0. The number of morpholine rings is 1. The van der Waals surface area contributed by atoms with Crippen LogP contribution in [0.2, 0.25) is 0 Å². The van der Waals surface area contributed by atoms with Crippen molar-refractivity contribution in [2.24, 2.45) is 0 Å². The Bertz CT molecular complexity index is 656. The summed E-state index contributed by atoms with van der Waals surface area (Å²) in [5.41, 5.74) is 2.50. The van der Waals surface area contributed by atoms with Gasteiger partial charge in [0.2, 0.25) is 0 Å². The van der Waals surface area contributed by atoms with Gasteiger partial charge in [-0.05, 0) is 17.7 Å². The van der Waals surface area contributed by atoms with Gasteiger partial charge in [0.05, 0.1) is 19.8 Å². The van der Waals surface area contributed by atoms with Gasteiger partial charge in [-0.25, -0.2) is 0 Å². The molecular weight excluding hydrogens is 314 g/mol. The SMILES string of the molecule is c1cc(-c2ccc(CN3CCNCC3)o2)ccc1CN1CCOCC1. The fourth-order valence-corrected chi connectivity index (χ4v) is 3.50. The van der Waals surface area contributed by atoms with Crippen LogP contribution < -0.4 is 5.32 Å². The smallest absolute Gasteiger partial charge is 0.134 e. The molecule has 0 bridgehead atoms. The van der Waals surface area contributed by atoms with Crippen molar-refractivity contribution in [1.29, 1.82) is 0 Å². The van der Waals surface area contributed by atoms with Crippen molar-refractivity contribution >= 4 is 0 Å². The van der Waals surface area contributed by atoms with Gasteiger partial charge in [-0.2, -0.15) is 0 Å². The van der Waals surface area contributed by atoms with Crippen LogP contribution in [0.5, 0.6) is 0 Å². The van der Waals surface area contributed by atoms with Crippen LogP contribution in [0, 0.1) is 0 Å². The minimum atomic E-state index is 0.848. The minimum absolute atomic E-state index is 0.848. The zero-order valence-electron chi connectivity index (χ0n) is 14.7. The van der Waals surface area contributed by atoms with Crippen molar-refractivity contribution < 1.29 is 9.15 Å². The number of hydrogen-bond acceptors (Lipinski definition) is 5. The monoisotopic (exact) mass is 341 g/mol. The van der Waals surface area contributed by atoms with Crippen LogP contribution >= 0.6 is 0 Å². The van der Waals surface area contributed by atoms with Crippen LogP contribution in [0.4, 0.5) is 0 Å². The fraction of sp³-hybridized carbons (Fsp3) is 0.500. The van der Waals surface area contributed by atoms with Gasteiger partial charge in [-0.3, -0.25) is 9.80 Å². The summed E-state index contributed by atoms with van der Waals surface area (Å²) < 4.78 is 11.5. The second-order valence-corrected chi connectivity index (χ2v) is 6.88. The average molecular weight is 341 g/mol. The molecule has 0 amide bonds. The van der Waals surface area contributed by atoms with Gasteiger partial charge in [-0.1, -0.05) is 24.3 Å². The summed E-state index contributed by atoms with van der Waals surface area (Å²) in [5.74, 6) is 2.01. The van der Waals surface area contributed by atoms with Crippen LogP contribution in [-0.2, 0) is 17.8 Å². The molecular formula is C20H27N3O2. The van der Waals surface area contributed by atoms with Gasteiger partial charge in [-0.15, -0.1) is 0 Å². The summed E-state index contributed by atoms with van der Waals surface area (Å²) in [6.07, 6.45) is 0. The Hall–Kier alpha value is -1.66. The molecule has 0 atom stereocenters. The zero-order chi connectivity index (χ0) is 16.9. The molecule has 0 aliphatic carbocycles. The highest BCUT2D eigenvalue weighted by atomic mass is 16.5. The van der Waals surface area contributed by atoms with Crippen LogP contribution in [0.3, 0.4) is 0 Å². The second kappa shape index (κ2) is 8.15. The van der Waals surface area contributed by atoms with Crippen molar-refractivity contribution in [3.63, 3.8) is 0 Å². The van der Waals surface area contributed by atoms with Crippen molar-refractivity contribution in [3.8, 4) is 11.3 Å². The molecule has 1 aromatic carbocycles. The van der Waals surface area contributed by atoms with E-state index in [2.05, 4.69) is 51.5 Å². The molecule has 5 nitrogen and oxygen atoms in total. The molecule has 0 spiro atoms. The molecule has 5 heteroatoms. The molecule has 25 heavy (non-hydrogen) atoms. The Morgan fingerprint density at radius 1 is 0.800 bits per heavy atom. The van der Waals surface area contributed by atoms with Gasteiger partial charge in [0.25, 0.3) is 0 Å². The minimum Gasteiger partial charge on any atom is -0.460 e. The van der Waals surface area contributed by atoms with E-state index in [4.69, 9.17) is 9.15 Å². The highest BCUT2D eigenvalue weighted by Gasteiger charge is 2.13. The first-order valence-electron chi connectivity index (χ1n) is 9.28. The zero-order valence-corrected chi connectivity index (χ0v) is 14.7. The van der Waals surface area contributed by atoms with E-state index < -0.39 is 0 Å². The first-order valence-corrected chi connectivity index (χ1v) is 9.28. The maximum absolute atomic E-state index is 6.07. The average Bonchev–Trinajstić information content (AvgIpc) is 3.12. The summed E-state index contributed by atoms with van der Waals surface area (Å²) in [6.45, 7) is 9.95. The molecule has 0 saturated carbocycles. The number of furan rings is 1. The van der Waals surface area contributed by atoms with Gasteiger partial charge in [0.15, 0.2) is 0 Å². The third kappa shape index (κ3) is 4.50. The Kier molecular flexibility index (Phi) is 5.47. The quantitative estimate of drug-likeness (QED) is 0.903. The maximum Gasteiger partial charge on any atom is 0.134 e. The Morgan fingerprint density at radius 3 is 2.28 bits per heavy atom. The van der Waals surface area contributed by atoms with E-state index in [9.17, 15) is 0 Å². The lowest BCUT2D eigenvalue weighted by atomic mass is 10.1. The van der Waals surface area contributed by atoms with Crippen molar-refractivity contribution in [2.75, 3.05) is 52.5 Å². The molecule has 2 aliphatic heterocycles.